The van der Waals surface area contributed by atoms with E-state index in [0.717, 1.165) is 57.4 Å². The van der Waals surface area contributed by atoms with Crippen LogP contribution in [-0.4, -0.2) is 68.5 Å². The number of rotatable bonds is 8. The van der Waals surface area contributed by atoms with Crippen molar-refractivity contribution in [2.24, 2.45) is 0 Å². The highest BCUT2D eigenvalue weighted by Gasteiger charge is 2.45. The lowest BCUT2D eigenvalue weighted by Gasteiger charge is -2.39. The van der Waals surface area contributed by atoms with E-state index >= 15 is 0 Å². The fraction of sp³-hybridized carbons (Fsp3) is 0.424. The van der Waals surface area contributed by atoms with E-state index in [9.17, 15) is 9.59 Å². The molecule has 1 N–H and O–H groups in total. The summed E-state index contributed by atoms with van der Waals surface area (Å²) in [5.74, 6) is 0.0507. The first-order valence-corrected chi connectivity index (χ1v) is 14.9. The summed E-state index contributed by atoms with van der Waals surface area (Å²) in [6.45, 7) is 3.48. The standard InChI is InChI=1S/C33H38N4O4/c38-32(39)26-12-14-29(15-13-26)41-31-16-11-24(21-34-31)22-35-19-17-28(18-20-35)37-30(25-7-3-1-4-8-25)23-36(33(37)40)27-9-5-2-6-10-27/h1,3-4,7-8,11-16,21,27-28,30H,2,5-6,9-10,17-20,22-23H2,(H,38,39)/t30-/m0/s1. The Morgan fingerprint density at radius 1 is 0.878 bits per heavy atom. The van der Waals surface area contributed by atoms with Crippen LogP contribution in [0.3, 0.4) is 0 Å². The molecule has 41 heavy (non-hydrogen) atoms. The van der Waals surface area contributed by atoms with Gasteiger partial charge in [0.2, 0.25) is 5.88 Å². The Balaban J connectivity index is 1.06. The number of amides is 2. The molecule has 2 aliphatic heterocycles. The predicted molar refractivity (Wildman–Crippen MR) is 156 cm³/mol. The van der Waals surface area contributed by atoms with Crippen LogP contribution in [0.4, 0.5) is 4.79 Å². The van der Waals surface area contributed by atoms with E-state index in [-0.39, 0.29) is 23.7 Å². The molecule has 8 heteroatoms. The van der Waals surface area contributed by atoms with Gasteiger partial charge in [-0.05, 0) is 61.1 Å². The van der Waals surface area contributed by atoms with Gasteiger partial charge in [0.05, 0.1) is 11.6 Å². The van der Waals surface area contributed by atoms with Crippen molar-refractivity contribution in [2.75, 3.05) is 19.6 Å². The van der Waals surface area contributed by atoms with E-state index in [1.54, 1.807) is 12.1 Å². The number of aromatic carboxylic acids is 1. The number of nitrogens with zero attached hydrogens (tertiary/aromatic N) is 4. The molecule has 2 amide bonds. The van der Waals surface area contributed by atoms with E-state index in [2.05, 4.69) is 43.9 Å². The van der Waals surface area contributed by atoms with Gasteiger partial charge in [0, 0.05) is 50.5 Å². The lowest BCUT2D eigenvalue weighted by atomic mass is 9.94. The van der Waals surface area contributed by atoms with Crippen molar-refractivity contribution in [3.05, 3.63) is 89.6 Å². The highest BCUT2D eigenvalue weighted by atomic mass is 16.5. The molecule has 3 heterocycles. The minimum Gasteiger partial charge on any atom is -0.478 e. The van der Waals surface area contributed by atoms with E-state index in [1.807, 2.05) is 24.4 Å². The van der Waals surface area contributed by atoms with Crippen LogP contribution < -0.4 is 4.74 Å². The molecule has 2 aromatic carbocycles. The molecule has 0 radical (unpaired) electrons. The largest absolute Gasteiger partial charge is 0.478 e. The van der Waals surface area contributed by atoms with Crippen molar-refractivity contribution in [1.29, 1.82) is 0 Å². The van der Waals surface area contributed by atoms with Crippen molar-refractivity contribution in [2.45, 2.75) is 69.6 Å². The van der Waals surface area contributed by atoms with E-state index < -0.39 is 5.97 Å². The van der Waals surface area contributed by atoms with Crippen molar-refractivity contribution in [3.63, 3.8) is 0 Å². The summed E-state index contributed by atoms with van der Waals surface area (Å²) in [6.07, 6.45) is 9.78. The number of benzene rings is 2. The van der Waals surface area contributed by atoms with Crippen LogP contribution in [0.15, 0.2) is 72.9 Å². The van der Waals surface area contributed by atoms with Gasteiger partial charge >= 0.3 is 12.0 Å². The second-order valence-electron chi connectivity index (χ2n) is 11.5. The van der Waals surface area contributed by atoms with Gasteiger partial charge in [-0.3, -0.25) is 4.90 Å². The van der Waals surface area contributed by atoms with Gasteiger partial charge < -0.3 is 19.6 Å². The third-order valence-electron chi connectivity index (χ3n) is 8.85. The van der Waals surface area contributed by atoms with Gasteiger partial charge in [-0.2, -0.15) is 0 Å². The number of ether oxygens (including phenoxy) is 1. The van der Waals surface area contributed by atoms with Crippen molar-refractivity contribution in [1.82, 2.24) is 19.7 Å². The van der Waals surface area contributed by atoms with Gasteiger partial charge in [-0.25, -0.2) is 14.6 Å². The molecule has 8 nitrogen and oxygen atoms in total. The molecule has 3 aromatic rings. The van der Waals surface area contributed by atoms with E-state index in [4.69, 9.17) is 9.84 Å². The number of hydrogen-bond donors (Lipinski definition) is 1. The summed E-state index contributed by atoms with van der Waals surface area (Å²) in [5, 5.41) is 9.05. The van der Waals surface area contributed by atoms with Crippen LogP contribution >= 0.6 is 0 Å². The first-order chi connectivity index (χ1) is 20.0. The minimum atomic E-state index is -0.965. The maximum absolute atomic E-state index is 13.9. The summed E-state index contributed by atoms with van der Waals surface area (Å²) >= 11 is 0. The zero-order valence-electron chi connectivity index (χ0n) is 23.4. The zero-order valence-corrected chi connectivity index (χ0v) is 23.4. The Bertz CT molecular complexity index is 1320. The molecule has 2 saturated heterocycles. The first-order valence-electron chi connectivity index (χ1n) is 14.9. The number of carboxylic acid groups (broad SMARTS) is 1. The van der Waals surface area contributed by atoms with Crippen LogP contribution in [0.5, 0.6) is 11.6 Å². The molecule has 6 rings (SSSR count). The SMILES string of the molecule is O=C(O)c1ccc(Oc2ccc(CN3CCC(N4C(=O)N(C5CCCCC5)C[C@H]4c4ccccc4)CC3)cn2)cc1. The molecule has 214 valence electrons. The summed E-state index contributed by atoms with van der Waals surface area (Å²) in [5.41, 5.74) is 2.57. The average molecular weight is 555 g/mol. The van der Waals surface area contributed by atoms with Gasteiger partial charge in [0.25, 0.3) is 0 Å². The third-order valence-corrected chi connectivity index (χ3v) is 8.85. The molecule has 3 fully saturated rings. The van der Waals surface area contributed by atoms with Crippen LogP contribution in [0.25, 0.3) is 0 Å². The average Bonchev–Trinajstić information content (AvgIpc) is 3.36. The number of pyridine rings is 1. The van der Waals surface area contributed by atoms with Crippen molar-refractivity contribution in [3.8, 4) is 11.6 Å². The number of carbonyl (C=O) groups excluding carboxylic acids is 1. The Morgan fingerprint density at radius 3 is 2.27 bits per heavy atom. The maximum Gasteiger partial charge on any atom is 0.335 e. The predicted octanol–water partition coefficient (Wildman–Crippen LogP) is 6.35. The number of piperidine rings is 1. The first kappa shape index (κ1) is 27.3. The molecule has 0 bridgehead atoms. The minimum absolute atomic E-state index is 0.124. The highest BCUT2D eigenvalue weighted by molar-refractivity contribution is 5.87. The van der Waals surface area contributed by atoms with Crippen molar-refractivity contribution >= 4 is 12.0 Å². The Hall–Kier alpha value is -3.91. The van der Waals surface area contributed by atoms with Gasteiger partial charge in [0.1, 0.15) is 5.75 Å². The van der Waals surface area contributed by atoms with Crippen LogP contribution in [-0.2, 0) is 6.54 Å². The molecule has 1 atom stereocenters. The fourth-order valence-electron chi connectivity index (χ4n) is 6.65. The molecule has 1 aromatic heterocycles. The number of urea groups is 1. The lowest BCUT2D eigenvalue weighted by molar-refractivity contribution is 0.0696. The van der Waals surface area contributed by atoms with Gasteiger partial charge in [-0.1, -0.05) is 55.7 Å². The maximum atomic E-state index is 13.9. The lowest BCUT2D eigenvalue weighted by Crippen LogP contribution is -2.48. The second kappa shape index (κ2) is 12.3. The number of hydrogen-bond acceptors (Lipinski definition) is 5. The van der Waals surface area contributed by atoms with Crippen LogP contribution in [0, 0.1) is 0 Å². The number of aromatic nitrogens is 1. The Kier molecular flexibility index (Phi) is 8.19. The summed E-state index contributed by atoms with van der Waals surface area (Å²) < 4.78 is 5.78. The smallest absolute Gasteiger partial charge is 0.335 e. The summed E-state index contributed by atoms with van der Waals surface area (Å²) in [6, 6.07) is 21.7. The summed E-state index contributed by atoms with van der Waals surface area (Å²) in [4.78, 5) is 36.2. The quantitative estimate of drug-likeness (QED) is 0.349. The third kappa shape index (κ3) is 6.22. The van der Waals surface area contributed by atoms with Crippen LogP contribution in [0.2, 0.25) is 0 Å². The van der Waals surface area contributed by atoms with Crippen LogP contribution in [0.1, 0.15) is 72.5 Å². The molecular weight excluding hydrogens is 516 g/mol. The number of carboxylic acids is 1. The normalized spacial score (nSPS) is 20.9. The van der Waals surface area contributed by atoms with E-state index in [0.29, 0.717) is 17.7 Å². The molecular formula is C33H38N4O4. The topological polar surface area (TPSA) is 86.2 Å². The van der Waals surface area contributed by atoms with E-state index in [1.165, 1.54) is 37.0 Å². The fourth-order valence-corrected chi connectivity index (χ4v) is 6.65. The summed E-state index contributed by atoms with van der Waals surface area (Å²) in [7, 11) is 0. The Morgan fingerprint density at radius 2 is 1.61 bits per heavy atom. The molecule has 0 unspecified atom stereocenters. The molecule has 0 spiro atoms. The van der Waals surface area contributed by atoms with Gasteiger partial charge in [0.15, 0.2) is 0 Å². The van der Waals surface area contributed by atoms with Crippen molar-refractivity contribution < 1.29 is 19.4 Å². The molecule has 1 aliphatic carbocycles. The second-order valence-corrected chi connectivity index (χ2v) is 11.5. The van der Waals surface area contributed by atoms with Gasteiger partial charge in [-0.15, -0.1) is 0 Å². The Labute approximate surface area is 241 Å². The molecule has 1 saturated carbocycles. The highest BCUT2D eigenvalue weighted by Crippen LogP contribution is 2.38. The molecule has 3 aliphatic rings. The zero-order chi connectivity index (χ0) is 28.2. The monoisotopic (exact) mass is 554 g/mol. The number of likely N-dealkylation sites (tertiary alicyclic amines) is 1. The number of carbonyl (C=O) groups is 2.